The lowest BCUT2D eigenvalue weighted by atomic mass is 10.1. The Labute approximate surface area is 131 Å². The average Bonchev–Trinajstić information content (AvgIpc) is 3.03. The van der Waals surface area contributed by atoms with Gasteiger partial charge in [-0.3, -0.25) is 19.3 Å². The number of thiophene rings is 1. The third-order valence-corrected chi connectivity index (χ3v) is 4.44. The molecule has 0 atom stereocenters. The minimum absolute atomic E-state index is 0.253. The molecule has 2 aromatic rings. The fourth-order valence-electron chi connectivity index (χ4n) is 2.35. The van der Waals surface area contributed by atoms with Crippen LogP contribution >= 0.6 is 11.3 Å². The zero-order valence-electron chi connectivity index (χ0n) is 12.0. The normalized spacial score (nSPS) is 13.4. The summed E-state index contributed by atoms with van der Waals surface area (Å²) >= 11 is 1.60. The number of fused-ring (bicyclic) bond motifs is 1. The van der Waals surface area contributed by atoms with Crippen LogP contribution in [0, 0.1) is 6.92 Å². The molecule has 0 fully saturated rings. The van der Waals surface area contributed by atoms with Crippen LogP contribution in [-0.2, 0) is 11.3 Å². The smallest absolute Gasteiger partial charge is 0.262 e. The molecule has 0 saturated heterocycles. The van der Waals surface area contributed by atoms with E-state index in [-0.39, 0.29) is 12.5 Å². The number of hydrogen-bond donors (Lipinski definition) is 1. The third kappa shape index (κ3) is 2.65. The number of hydrogen-bond acceptors (Lipinski definition) is 4. The Morgan fingerprint density at radius 3 is 2.27 bits per heavy atom. The molecule has 3 amide bonds. The van der Waals surface area contributed by atoms with E-state index in [1.54, 1.807) is 35.6 Å². The Balaban J connectivity index is 1.63. The molecule has 112 valence electrons. The summed E-state index contributed by atoms with van der Waals surface area (Å²) in [4.78, 5) is 39.5. The number of carbonyl (C=O) groups excluding carboxylic acids is 3. The van der Waals surface area contributed by atoms with Gasteiger partial charge in [0.05, 0.1) is 17.7 Å². The Hall–Kier alpha value is -2.47. The van der Waals surface area contributed by atoms with Gasteiger partial charge in [-0.1, -0.05) is 12.1 Å². The first-order valence-electron chi connectivity index (χ1n) is 6.83. The number of amides is 3. The van der Waals surface area contributed by atoms with Crippen LogP contribution in [0.25, 0.3) is 0 Å². The largest absolute Gasteiger partial charge is 0.350 e. The molecular formula is C16H14N2O3S. The molecule has 0 aliphatic carbocycles. The van der Waals surface area contributed by atoms with Gasteiger partial charge in [0.1, 0.15) is 6.54 Å². The highest BCUT2D eigenvalue weighted by Crippen LogP contribution is 2.22. The highest BCUT2D eigenvalue weighted by Gasteiger charge is 2.36. The Morgan fingerprint density at radius 2 is 1.73 bits per heavy atom. The van der Waals surface area contributed by atoms with Crippen LogP contribution < -0.4 is 5.32 Å². The lowest BCUT2D eigenvalue weighted by Gasteiger charge is -2.13. The van der Waals surface area contributed by atoms with E-state index in [1.165, 1.54) is 4.88 Å². The molecule has 1 N–H and O–H groups in total. The van der Waals surface area contributed by atoms with Crippen molar-refractivity contribution in [2.45, 2.75) is 13.5 Å². The number of rotatable bonds is 4. The highest BCUT2D eigenvalue weighted by molar-refractivity contribution is 7.11. The summed E-state index contributed by atoms with van der Waals surface area (Å²) in [6.45, 7) is 2.14. The van der Waals surface area contributed by atoms with Crippen molar-refractivity contribution in [1.29, 1.82) is 0 Å². The summed E-state index contributed by atoms with van der Waals surface area (Å²) in [5.74, 6) is -1.18. The van der Waals surface area contributed by atoms with Gasteiger partial charge < -0.3 is 5.32 Å². The summed E-state index contributed by atoms with van der Waals surface area (Å²) < 4.78 is 0. The first-order valence-corrected chi connectivity index (χ1v) is 7.65. The SMILES string of the molecule is Cc1ccc(CNC(=O)CN2C(=O)c3ccccc3C2=O)s1. The number of imide groups is 1. The summed E-state index contributed by atoms with van der Waals surface area (Å²) in [7, 11) is 0. The number of carbonyl (C=O) groups is 3. The molecule has 22 heavy (non-hydrogen) atoms. The molecule has 0 bridgehead atoms. The molecule has 5 nitrogen and oxygen atoms in total. The van der Waals surface area contributed by atoms with E-state index in [2.05, 4.69) is 5.32 Å². The number of nitrogens with zero attached hydrogens (tertiary/aromatic N) is 1. The van der Waals surface area contributed by atoms with Crippen LogP contribution in [0.3, 0.4) is 0 Å². The van der Waals surface area contributed by atoms with Crippen molar-refractivity contribution in [3.05, 3.63) is 57.3 Å². The van der Waals surface area contributed by atoms with Crippen molar-refractivity contribution in [1.82, 2.24) is 10.2 Å². The minimum atomic E-state index is -0.414. The van der Waals surface area contributed by atoms with Crippen LogP contribution in [-0.4, -0.2) is 29.2 Å². The van der Waals surface area contributed by atoms with Gasteiger partial charge in [-0.2, -0.15) is 0 Å². The van der Waals surface area contributed by atoms with E-state index < -0.39 is 11.8 Å². The molecule has 3 rings (SSSR count). The zero-order valence-corrected chi connectivity index (χ0v) is 12.8. The van der Waals surface area contributed by atoms with E-state index >= 15 is 0 Å². The fourth-order valence-corrected chi connectivity index (χ4v) is 3.18. The van der Waals surface area contributed by atoms with Gasteiger partial charge in [-0.15, -0.1) is 11.3 Å². The third-order valence-electron chi connectivity index (χ3n) is 3.44. The summed E-state index contributed by atoms with van der Waals surface area (Å²) in [6, 6.07) is 10.5. The molecule has 1 aromatic heterocycles. The van der Waals surface area contributed by atoms with Crippen molar-refractivity contribution in [3.8, 4) is 0 Å². The van der Waals surface area contributed by atoms with Crippen molar-refractivity contribution in [3.63, 3.8) is 0 Å². The van der Waals surface area contributed by atoms with Gasteiger partial charge in [0, 0.05) is 9.75 Å². The first-order chi connectivity index (χ1) is 10.6. The zero-order chi connectivity index (χ0) is 15.7. The van der Waals surface area contributed by atoms with Crippen molar-refractivity contribution >= 4 is 29.1 Å². The maximum atomic E-state index is 12.1. The maximum absolute atomic E-state index is 12.1. The predicted octanol–water partition coefficient (Wildman–Crippen LogP) is 1.97. The Morgan fingerprint density at radius 1 is 1.09 bits per heavy atom. The lowest BCUT2D eigenvalue weighted by Crippen LogP contribution is -2.40. The fraction of sp³-hybridized carbons (Fsp3) is 0.188. The molecule has 6 heteroatoms. The van der Waals surface area contributed by atoms with E-state index in [0.29, 0.717) is 17.7 Å². The molecule has 1 aromatic carbocycles. The quantitative estimate of drug-likeness (QED) is 0.877. The van der Waals surface area contributed by atoms with Crippen molar-refractivity contribution in [2.24, 2.45) is 0 Å². The molecule has 1 aliphatic rings. The summed E-state index contributed by atoms with van der Waals surface area (Å²) in [6.07, 6.45) is 0. The van der Waals surface area contributed by atoms with Crippen LogP contribution in [0.1, 0.15) is 30.5 Å². The first kappa shape index (κ1) is 14.5. The van der Waals surface area contributed by atoms with Gasteiger partial charge in [0.25, 0.3) is 11.8 Å². The average molecular weight is 314 g/mol. The lowest BCUT2D eigenvalue weighted by molar-refractivity contribution is -0.121. The second kappa shape index (κ2) is 5.73. The molecule has 0 saturated carbocycles. The Kier molecular flexibility index (Phi) is 3.77. The van der Waals surface area contributed by atoms with E-state index in [1.807, 2.05) is 19.1 Å². The van der Waals surface area contributed by atoms with Gasteiger partial charge in [0.2, 0.25) is 5.91 Å². The van der Waals surface area contributed by atoms with Gasteiger partial charge in [-0.05, 0) is 31.2 Å². The van der Waals surface area contributed by atoms with Crippen LogP contribution in [0.4, 0.5) is 0 Å². The molecular weight excluding hydrogens is 300 g/mol. The van der Waals surface area contributed by atoms with Crippen molar-refractivity contribution in [2.75, 3.05) is 6.54 Å². The second-order valence-corrected chi connectivity index (χ2v) is 6.40. The number of nitrogens with one attached hydrogen (secondary N) is 1. The molecule has 0 radical (unpaired) electrons. The maximum Gasteiger partial charge on any atom is 0.262 e. The van der Waals surface area contributed by atoms with E-state index in [9.17, 15) is 14.4 Å². The number of aryl methyl sites for hydroxylation is 1. The molecule has 2 heterocycles. The van der Waals surface area contributed by atoms with Gasteiger partial charge >= 0.3 is 0 Å². The van der Waals surface area contributed by atoms with Gasteiger partial charge in [0.15, 0.2) is 0 Å². The Bertz CT molecular complexity index is 731. The monoisotopic (exact) mass is 314 g/mol. The van der Waals surface area contributed by atoms with E-state index in [4.69, 9.17) is 0 Å². The summed E-state index contributed by atoms with van der Waals surface area (Å²) in [5, 5.41) is 2.73. The van der Waals surface area contributed by atoms with Crippen LogP contribution in [0.5, 0.6) is 0 Å². The topological polar surface area (TPSA) is 66.5 Å². The second-order valence-electron chi connectivity index (χ2n) is 5.03. The minimum Gasteiger partial charge on any atom is -0.350 e. The van der Waals surface area contributed by atoms with Crippen LogP contribution in [0.15, 0.2) is 36.4 Å². The van der Waals surface area contributed by atoms with Gasteiger partial charge in [-0.25, -0.2) is 0 Å². The highest BCUT2D eigenvalue weighted by atomic mass is 32.1. The van der Waals surface area contributed by atoms with Crippen LogP contribution in [0.2, 0.25) is 0 Å². The predicted molar refractivity (Wildman–Crippen MR) is 82.7 cm³/mol. The summed E-state index contributed by atoms with van der Waals surface area (Å²) in [5.41, 5.74) is 0.711. The molecule has 0 unspecified atom stereocenters. The standard InChI is InChI=1S/C16H14N2O3S/c1-10-6-7-11(22-10)8-17-14(19)9-18-15(20)12-4-2-3-5-13(12)16(18)21/h2-7H,8-9H2,1H3,(H,17,19). The molecule has 1 aliphatic heterocycles. The molecule has 0 spiro atoms. The number of benzene rings is 1. The van der Waals surface area contributed by atoms with E-state index in [0.717, 1.165) is 9.78 Å². The van der Waals surface area contributed by atoms with Crippen molar-refractivity contribution < 1.29 is 14.4 Å².